The number of rotatable bonds is 10. The molecule has 16 heteroatoms. The summed E-state index contributed by atoms with van der Waals surface area (Å²) in [4.78, 5) is 26.4. The van der Waals surface area contributed by atoms with E-state index in [1.807, 2.05) is 213 Å². The van der Waals surface area contributed by atoms with E-state index in [-0.39, 0.29) is 42.1 Å². The number of oxazole rings is 2. The fourth-order valence-electron chi connectivity index (χ4n) is 9.44. The van der Waals surface area contributed by atoms with Gasteiger partial charge in [-0.3, -0.25) is 29.1 Å². The summed E-state index contributed by atoms with van der Waals surface area (Å²) in [6.07, 6.45) is 13.4. The predicted octanol–water partition coefficient (Wildman–Crippen LogP) is 13.7. The Balaban J connectivity index is 0.000000161. The summed E-state index contributed by atoms with van der Waals surface area (Å²) in [5, 5.41) is 3.24. The first kappa shape index (κ1) is 51.4. The maximum atomic E-state index is 6.38. The molecule has 0 saturated heterocycles. The predicted molar refractivity (Wildman–Crippen MR) is 293 cm³/mol. The average molecular weight is 1380 g/mol. The van der Waals surface area contributed by atoms with Gasteiger partial charge in [0.2, 0.25) is 11.8 Å². The van der Waals surface area contributed by atoms with Crippen molar-refractivity contribution in [1.82, 2.24) is 38.9 Å². The Morgan fingerprint density at radius 1 is 0.462 bits per heavy atom. The molecule has 6 aromatic carbocycles. The first-order chi connectivity index (χ1) is 37.3. The van der Waals surface area contributed by atoms with Crippen molar-refractivity contribution in [2.24, 2.45) is 0 Å². The molecule has 0 amide bonds. The Morgan fingerprint density at radius 3 is 1.49 bits per heavy atom. The van der Waals surface area contributed by atoms with Crippen LogP contribution in [0.15, 0.2) is 192 Å². The number of pyridine rings is 2. The monoisotopic (exact) mass is 1380 g/mol. The number of para-hydroxylation sites is 2. The molecule has 0 N–H and O–H groups in total. The summed E-state index contributed by atoms with van der Waals surface area (Å²) < 4.78 is 29.2. The Labute approximate surface area is 478 Å². The molecular weight excluding hydrogens is 1340 g/mol. The number of aryl methyl sites for hydroxylation is 2. The normalized spacial score (nSPS) is 12.9. The van der Waals surface area contributed by atoms with Gasteiger partial charge in [-0.15, -0.1) is 84.2 Å². The van der Waals surface area contributed by atoms with E-state index in [2.05, 4.69) is 67.6 Å². The molecule has 6 aromatic heterocycles. The van der Waals surface area contributed by atoms with E-state index in [0.717, 1.165) is 66.5 Å². The van der Waals surface area contributed by atoms with Crippen LogP contribution >= 0.6 is 0 Å². The first-order valence-electron chi connectivity index (χ1n) is 24.4. The van der Waals surface area contributed by atoms with Crippen LogP contribution in [0.5, 0.6) is 23.0 Å². The minimum Gasteiger partial charge on any atom is -0.510 e. The minimum atomic E-state index is 0. The third kappa shape index (κ3) is 9.85. The van der Waals surface area contributed by atoms with Gasteiger partial charge in [-0.05, 0) is 83.1 Å². The minimum absolute atomic E-state index is 0. The third-order valence-electron chi connectivity index (χ3n) is 12.9. The quantitative estimate of drug-likeness (QED) is 0.121. The van der Waals surface area contributed by atoms with Gasteiger partial charge in [-0.25, -0.2) is 0 Å². The summed E-state index contributed by atoms with van der Waals surface area (Å²) in [6, 6.07) is 58.5. The number of benzene rings is 6. The van der Waals surface area contributed by atoms with Crippen molar-refractivity contribution in [3.63, 3.8) is 0 Å². The van der Waals surface area contributed by atoms with E-state index < -0.39 is 0 Å². The van der Waals surface area contributed by atoms with Gasteiger partial charge in [0.15, 0.2) is 0 Å². The Hall–Kier alpha value is -8.70. The number of anilines is 2. The molecular formula is C62H44N10O4Pt2-6. The number of fused-ring (bicyclic) bond motifs is 6. The fourth-order valence-corrected chi connectivity index (χ4v) is 9.44. The zero-order valence-electron chi connectivity index (χ0n) is 42.2. The van der Waals surface area contributed by atoms with Gasteiger partial charge in [0, 0.05) is 99.9 Å². The second-order valence-corrected chi connectivity index (χ2v) is 18.1. The maximum absolute atomic E-state index is 6.38. The van der Waals surface area contributed by atoms with E-state index in [4.69, 9.17) is 28.3 Å². The van der Waals surface area contributed by atoms with Crippen molar-refractivity contribution >= 4 is 55.1 Å². The molecule has 0 atom stereocenters. The zero-order chi connectivity index (χ0) is 51.3. The van der Waals surface area contributed by atoms with Crippen molar-refractivity contribution in [3.05, 3.63) is 232 Å². The van der Waals surface area contributed by atoms with Crippen LogP contribution in [-0.2, 0) is 42.1 Å². The summed E-state index contributed by atoms with van der Waals surface area (Å²) >= 11 is 0. The second-order valence-electron chi connectivity index (χ2n) is 18.1. The zero-order valence-corrected chi connectivity index (χ0v) is 46.8. The molecule has 0 unspecified atom stereocenters. The molecule has 0 bridgehead atoms. The van der Waals surface area contributed by atoms with Crippen LogP contribution in [0.1, 0.15) is 11.4 Å². The number of hydrogen-bond acceptors (Lipinski definition) is 12. The molecule has 78 heavy (non-hydrogen) atoms. The van der Waals surface area contributed by atoms with Crippen LogP contribution in [0, 0.1) is 51.5 Å². The molecule has 2 aliphatic heterocycles. The number of aromatic nitrogens is 6. The fraction of sp³-hybridized carbons (Fsp3) is 0.0645. The molecule has 8 heterocycles. The topological polar surface area (TPSA) is 119 Å². The third-order valence-corrected chi connectivity index (χ3v) is 12.9. The SMILES string of the molecule is Cc1nc(-c2[c-]c(Oc3[c-]c(N4C=CN(C)[CH-]4)ccc3)ccc2)oc1-n1c2ccccc2c2cnccc21.Cc1nc(-c2[c-]c(Oc3[c-]c(N4C=CN(C)[CH-]4)ccc3)ccc2)oc1-n1c2ccccc2c2ncccc21.[Pt].[Pt]. The van der Waals surface area contributed by atoms with Crippen LogP contribution in [0.4, 0.5) is 11.4 Å². The van der Waals surface area contributed by atoms with Crippen LogP contribution in [0.3, 0.4) is 0 Å². The van der Waals surface area contributed by atoms with Crippen molar-refractivity contribution in [1.29, 1.82) is 0 Å². The molecule has 0 saturated carbocycles. The Bertz CT molecular complexity index is 3840. The van der Waals surface area contributed by atoms with Crippen LogP contribution in [-0.4, -0.2) is 53.0 Å². The van der Waals surface area contributed by atoms with Gasteiger partial charge in [0.25, 0.3) is 0 Å². The van der Waals surface area contributed by atoms with Crippen molar-refractivity contribution in [3.8, 4) is 57.7 Å². The van der Waals surface area contributed by atoms with Crippen molar-refractivity contribution < 1.29 is 60.4 Å². The van der Waals surface area contributed by atoms with E-state index >= 15 is 0 Å². The largest absolute Gasteiger partial charge is 0.510 e. The smallest absolute Gasteiger partial charge is 0.217 e. The summed E-state index contributed by atoms with van der Waals surface area (Å²) in [7, 11) is 3.96. The molecule has 14 nitrogen and oxygen atoms in total. The van der Waals surface area contributed by atoms with E-state index in [1.54, 1.807) is 6.20 Å². The Kier molecular flexibility index (Phi) is 14.3. The molecule has 14 rings (SSSR count). The van der Waals surface area contributed by atoms with Gasteiger partial charge in [0.05, 0.1) is 39.0 Å². The van der Waals surface area contributed by atoms with Crippen molar-refractivity contribution in [2.75, 3.05) is 23.9 Å². The molecule has 0 aliphatic carbocycles. The van der Waals surface area contributed by atoms with Gasteiger partial charge in [0.1, 0.15) is 11.8 Å². The van der Waals surface area contributed by atoms with Gasteiger partial charge < -0.3 is 37.9 Å². The van der Waals surface area contributed by atoms with Crippen LogP contribution < -0.4 is 19.3 Å². The molecule has 12 aromatic rings. The van der Waals surface area contributed by atoms with Gasteiger partial charge in [-0.1, -0.05) is 59.7 Å². The summed E-state index contributed by atoms with van der Waals surface area (Å²) in [6.45, 7) is 7.84. The second kappa shape index (κ2) is 21.7. The van der Waals surface area contributed by atoms with E-state index in [0.29, 0.717) is 57.7 Å². The van der Waals surface area contributed by atoms with Gasteiger partial charge in [-0.2, -0.15) is 25.5 Å². The van der Waals surface area contributed by atoms with Crippen LogP contribution in [0.2, 0.25) is 0 Å². The number of ether oxygens (including phenoxy) is 2. The number of nitrogens with zero attached hydrogens (tertiary/aromatic N) is 10. The van der Waals surface area contributed by atoms with Gasteiger partial charge >= 0.3 is 0 Å². The molecule has 0 fully saturated rings. The molecule has 2 aliphatic rings. The van der Waals surface area contributed by atoms with E-state index in [9.17, 15) is 0 Å². The summed E-state index contributed by atoms with van der Waals surface area (Å²) in [5.74, 6) is 4.54. The summed E-state index contributed by atoms with van der Waals surface area (Å²) in [5.41, 5.74) is 9.67. The standard InChI is InChI=1S/2C31H22N5O2.2Pt/c1-21-31(36-27-13-4-3-12-26(27)29-28(36)14-7-15-32-29)38-30(33-21)22-8-5-10-24(18-22)37-25-11-6-9-23(19-25)35-17-16-34(2)20-35;1-21-31(36-28-12-4-3-11-26(28)27-19-32-14-13-29(27)36)38-30(33-21)22-7-5-9-24(17-22)37-25-10-6-8-23(18-25)35-16-15-34(2)20-35;;/h3-17,20H,1-2H3;3-16,19-20H,1-2H3;;/q2*-3;;. The Morgan fingerprint density at radius 2 is 0.936 bits per heavy atom. The maximum Gasteiger partial charge on any atom is 0.217 e. The molecule has 0 spiro atoms. The van der Waals surface area contributed by atoms with E-state index in [1.165, 1.54) is 0 Å². The number of hydrogen-bond donors (Lipinski definition) is 0. The first-order valence-corrected chi connectivity index (χ1v) is 24.4. The van der Waals surface area contributed by atoms with Crippen LogP contribution in [0.25, 0.3) is 78.4 Å². The average Bonchev–Trinajstić information content (AvgIpc) is 4.34. The molecule has 392 valence electrons. The molecule has 0 radical (unpaired) electrons. The van der Waals surface area contributed by atoms with Crippen molar-refractivity contribution in [2.45, 2.75) is 13.8 Å².